The van der Waals surface area contributed by atoms with Crippen LogP contribution in [0.4, 0.5) is 5.82 Å². The Morgan fingerprint density at radius 1 is 1.47 bits per heavy atom. The highest BCUT2D eigenvalue weighted by Crippen LogP contribution is 2.08. The number of anilines is 1. The molecule has 0 radical (unpaired) electrons. The van der Waals surface area contributed by atoms with Gasteiger partial charge in [-0.2, -0.15) is 0 Å². The largest absolute Gasteiger partial charge is 0.348 e. The van der Waals surface area contributed by atoms with Crippen molar-refractivity contribution in [3.63, 3.8) is 0 Å². The highest BCUT2D eigenvalue weighted by atomic mass is 16.1. The molecule has 1 aromatic rings. The minimum absolute atomic E-state index is 0.101. The molecule has 0 aliphatic heterocycles. The number of carbonyl (C=O) groups excluding carboxylic acids is 1. The van der Waals surface area contributed by atoms with Gasteiger partial charge in [0.05, 0.1) is 12.4 Å². The third-order valence-corrected chi connectivity index (χ3v) is 2.87. The lowest BCUT2D eigenvalue weighted by Crippen LogP contribution is -2.37. The molecule has 94 valence electrons. The lowest BCUT2D eigenvalue weighted by Gasteiger charge is -2.19. The second kappa shape index (κ2) is 6.15. The minimum atomic E-state index is -0.234. The smallest absolute Gasteiger partial charge is 0.271 e. The molecule has 2 unspecified atom stereocenters. The van der Waals surface area contributed by atoms with Crippen LogP contribution in [0.15, 0.2) is 12.4 Å². The van der Waals surface area contributed by atoms with E-state index in [2.05, 4.69) is 34.6 Å². The fourth-order valence-electron chi connectivity index (χ4n) is 1.32. The first-order valence-electron chi connectivity index (χ1n) is 5.68. The molecule has 0 spiro atoms. The number of carbonyl (C=O) groups is 1. The molecule has 0 bridgehead atoms. The van der Waals surface area contributed by atoms with E-state index < -0.39 is 0 Å². The Kier molecular flexibility index (Phi) is 4.84. The number of hydrogen-bond acceptors (Lipinski definition) is 5. The molecule has 0 aromatic carbocycles. The van der Waals surface area contributed by atoms with Crippen molar-refractivity contribution < 1.29 is 4.79 Å². The average molecular weight is 237 g/mol. The monoisotopic (exact) mass is 237 g/mol. The van der Waals surface area contributed by atoms with Gasteiger partial charge in [0.2, 0.25) is 0 Å². The lowest BCUT2D eigenvalue weighted by atomic mass is 10.0. The normalized spacial score (nSPS) is 13.9. The molecule has 4 N–H and O–H groups in total. The van der Waals surface area contributed by atoms with Crippen LogP contribution in [-0.4, -0.2) is 21.9 Å². The van der Waals surface area contributed by atoms with Crippen molar-refractivity contribution in [3.05, 3.63) is 18.1 Å². The van der Waals surface area contributed by atoms with E-state index in [1.165, 1.54) is 12.4 Å². The zero-order chi connectivity index (χ0) is 12.8. The van der Waals surface area contributed by atoms with Crippen LogP contribution in [0.5, 0.6) is 0 Å². The van der Waals surface area contributed by atoms with Crippen molar-refractivity contribution in [1.82, 2.24) is 15.3 Å². The van der Waals surface area contributed by atoms with Crippen molar-refractivity contribution in [1.29, 1.82) is 0 Å². The molecule has 1 amide bonds. The summed E-state index contributed by atoms with van der Waals surface area (Å²) in [7, 11) is 0. The van der Waals surface area contributed by atoms with Gasteiger partial charge in [-0.05, 0) is 12.8 Å². The van der Waals surface area contributed by atoms with E-state index in [1.807, 2.05) is 6.92 Å². The summed E-state index contributed by atoms with van der Waals surface area (Å²) in [6.07, 6.45) is 3.88. The maximum Gasteiger partial charge on any atom is 0.271 e. The van der Waals surface area contributed by atoms with Gasteiger partial charge in [0.1, 0.15) is 5.69 Å². The van der Waals surface area contributed by atoms with Crippen molar-refractivity contribution in [3.8, 4) is 0 Å². The van der Waals surface area contributed by atoms with E-state index in [0.717, 1.165) is 6.42 Å². The summed E-state index contributed by atoms with van der Waals surface area (Å²) in [5.74, 6) is 5.76. The molecule has 0 saturated heterocycles. The summed E-state index contributed by atoms with van der Waals surface area (Å²) in [5, 5.41) is 2.89. The van der Waals surface area contributed by atoms with E-state index in [1.54, 1.807) is 0 Å². The Balaban J connectivity index is 2.69. The number of nitrogen functional groups attached to an aromatic ring is 1. The van der Waals surface area contributed by atoms with Crippen LogP contribution in [0.25, 0.3) is 0 Å². The van der Waals surface area contributed by atoms with Crippen LogP contribution in [0.1, 0.15) is 37.7 Å². The van der Waals surface area contributed by atoms with Crippen molar-refractivity contribution in [2.75, 3.05) is 5.43 Å². The predicted molar refractivity (Wildman–Crippen MR) is 66.2 cm³/mol. The second-order valence-corrected chi connectivity index (χ2v) is 4.08. The Morgan fingerprint density at radius 2 is 2.18 bits per heavy atom. The molecule has 6 heteroatoms. The molecule has 1 rings (SSSR count). The topological polar surface area (TPSA) is 92.9 Å². The fraction of sp³-hybridized carbons (Fsp3) is 0.545. The molecule has 2 atom stereocenters. The van der Waals surface area contributed by atoms with Crippen LogP contribution >= 0.6 is 0 Å². The summed E-state index contributed by atoms with van der Waals surface area (Å²) in [6.45, 7) is 6.16. The highest BCUT2D eigenvalue weighted by molar-refractivity contribution is 5.92. The first kappa shape index (κ1) is 13.4. The van der Waals surface area contributed by atoms with Gasteiger partial charge in [0, 0.05) is 6.04 Å². The van der Waals surface area contributed by atoms with Crippen LogP contribution in [0.2, 0.25) is 0 Å². The molecule has 0 aliphatic carbocycles. The summed E-state index contributed by atoms with van der Waals surface area (Å²) < 4.78 is 0. The van der Waals surface area contributed by atoms with Gasteiger partial charge in [-0.3, -0.25) is 9.78 Å². The first-order valence-corrected chi connectivity index (χ1v) is 5.68. The van der Waals surface area contributed by atoms with Gasteiger partial charge in [-0.15, -0.1) is 0 Å². The zero-order valence-corrected chi connectivity index (χ0v) is 10.4. The summed E-state index contributed by atoms with van der Waals surface area (Å²) in [5.41, 5.74) is 2.62. The molecule has 1 aromatic heterocycles. The Morgan fingerprint density at radius 3 is 2.76 bits per heavy atom. The fourth-order valence-corrected chi connectivity index (χ4v) is 1.32. The number of nitrogens with one attached hydrogen (secondary N) is 2. The van der Waals surface area contributed by atoms with Gasteiger partial charge in [0.25, 0.3) is 5.91 Å². The van der Waals surface area contributed by atoms with Crippen molar-refractivity contribution in [2.45, 2.75) is 33.2 Å². The Bertz CT molecular complexity index is 382. The molecule has 0 fully saturated rings. The number of hydrazine groups is 1. The highest BCUT2D eigenvalue weighted by Gasteiger charge is 2.15. The number of amides is 1. The maximum atomic E-state index is 11.9. The second-order valence-electron chi connectivity index (χ2n) is 4.08. The summed E-state index contributed by atoms with van der Waals surface area (Å²) >= 11 is 0. The SMILES string of the molecule is CCC(C)C(C)NC(=O)c1cncc(NN)n1. The Hall–Kier alpha value is -1.69. The van der Waals surface area contributed by atoms with Crippen LogP contribution in [0, 0.1) is 5.92 Å². The standard InChI is InChI=1S/C11H19N5O/c1-4-7(2)8(3)14-11(17)9-5-13-6-10(15-9)16-12/h5-8H,4,12H2,1-3H3,(H,14,17)(H,15,16). The van der Waals surface area contributed by atoms with E-state index in [4.69, 9.17) is 5.84 Å². The molecular formula is C11H19N5O. The molecule has 1 heterocycles. The molecule has 6 nitrogen and oxygen atoms in total. The van der Waals surface area contributed by atoms with E-state index >= 15 is 0 Å². The average Bonchev–Trinajstić information content (AvgIpc) is 2.37. The number of hydrogen-bond donors (Lipinski definition) is 3. The molecular weight excluding hydrogens is 218 g/mol. The Labute approximate surface area is 101 Å². The van der Waals surface area contributed by atoms with Crippen LogP contribution < -0.4 is 16.6 Å². The van der Waals surface area contributed by atoms with Crippen LogP contribution in [0.3, 0.4) is 0 Å². The van der Waals surface area contributed by atoms with E-state index in [0.29, 0.717) is 11.7 Å². The third kappa shape index (κ3) is 3.67. The number of nitrogens with two attached hydrogens (primary N) is 1. The predicted octanol–water partition coefficient (Wildman–Crippen LogP) is 0.927. The lowest BCUT2D eigenvalue weighted by molar-refractivity contribution is 0.0923. The van der Waals surface area contributed by atoms with Gasteiger partial charge in [-0.1, -0.05) is 20.3 Å². The molecule has 0 aliphatic rings. The minimum Gasteiger partial charge on any atom is -0.348 e. The van der Waals surface area contributed by atoms with E-state index in [-0.39, 0.29) is 17.6 Å². The maximum absolute atomic E-state index is 11.9. The van der Waals surface area contributed by atoms with Gasteiger partial charge in [0.15, 0.2) is 5.82 Å². The van der Waals surface area contributed by atoms with Crippen molar-refractivity contribution in [2.24, 2.45) is 11.8 Å². The van der Waals surface area contributed by atoms with Gasteiger partial charge < -0.3 is 10.7 Å². The van der Waals surface area contributed by atoms with Crippen LogP contribution in [-0.2, 0) is 0 Å². The van der Waals surface area contributed by atoms with Gasteiger partial charge >= 0.3 is 0 Å². The number of aromatic nitrogens is 2. The molecule has 17 heavy (non-hydrogen) atoms. The van der Waals surface area contributed by atoms with Gasteiger partial charge in [-0.25, -0.2) is 10.8 Å². The summed E-state index contributed by atoms with van der Waals surface area (Å²) in [4.78, 5) is 19.8. The summed E-state index contributed by atoms with van der Waals surface area (Å²) in [6, 6.07) is 0.101. The van der Waals surface area contributed by atoms with E-state index in [9.17, 15) is 4.79 Å². The zero-order valence-electron chi connectivity index (χ0n) is 10.4. The molecule has 0 saturated carbocycles. The van der Waals surface area contributed by atoms with Crippen molar-refractivity contribution >= 4 is 11.7 Å². The first-order chi connectivity index (χ1) is 8.08. The third-order valence-electron chi connectivity index (χ3n) is 2.87. The quantitative estimate of drug-likeness (QED) is 0.523. The number of nitrogens with zero attached hydrogens (tertiary/aromatic N) is 2. The number of rotatable bonds is 5.